The van der Waals surface area contributed by atoms with Gasteiger partial charge in [0.15, 0.2) is 5.96 Å². The molecule has 2 saturated heterocycles. The molecule has 1 N–H and O–H groups in total. The number of halogens is 1. The molecule has 1 atom stereocenters. The van der Waals surface area contributed by atoms with E-state index < -0.39 is 0 Å². The van der Waals surface area contributed by atoms with Crippen LogP contribution < -0.4 is 5.32 Å². The van der Waals surface area contributed by atoms with Crippen molar-refractivity contribution >= 4 is 5.96 Å². The van der Waals surface area contributed by atoms with E-state index in [1.807, 2.05) is 19.2 Å². The Morgan fingerprint density at radius 1 is 1.23 bits per heavy atom. The molecule has 1 aromatic rings. The van der Waals surface area contributed by atoms with E-state index in [9.17, 15) is 4.39 Å². The van der Waals surface area contributed by atoms with Crippen LogP contribution in [0.4, 0.5) is 4.39 Å². The average molecular weight is 362 g/mol. The molecule has 2 aliphatic heterocycles. The summed E-state index contributed by atoms with van der Waals surface area (Å²) >= 11 is 0. The second kappa shape index (κ2) is 8.35. The van der Waals surface area contributed by atoms with E-state index in [-0.39, 0.29) is 11.2 Å². The van der Waals surface area contributed by atoms with Crippen molar-refractivity contribution in [3.63, 3.8) is 0 Å². The van der Waals surface area contributed by atoms with Gasteiger partial charge in [-0.1, -0.05) is 26.0 Å². The van der Waals surface area contributed by atoms with Gasteiger partial charge < -0.3 is 15.0 Å². The van der Waals surface area contributed by atoms with Crippen LogP contribution in [0.3, 0.4) is 0 Å². The van der Waals surface area contributed by atoms with Gasteiger partial charge in [-0.25, -0.2) is 4.39 Å². The fourth-order valence-corrected chi connectivity index (χ4v) is 3.81. The molecule has 3 rings (SSSR count). The zero-order valence-electron chi connectivity index (χ0n) is 16.2. The highest BCUT2D eigenvalue weighted by atomic mass is 19.1. The first kappa shape index (κ1) is 19.1. The highest BCUT2D eigenvalue weighted by Crippen LogP contribution is 2.23. The predicted octanol–water partition coefficient (Wildman–Crippen LogP) is 2.09. The molecule has 0 bridgehead atoms. The van der Waals surface area contributed by atoms with Crippen LogP contribution in [0.25, 0.3) is 0 Å². The first-order valence-electron chi connectivity index (χ1n) is 9.53. The number of nitrogens with zero attached hydrogens (tertiary/aromatic N) is 3. The van der Waals surface area contributed by atoms with Crippen LogP contribution in [-0.2, 0) is 10.2 Å². The molecule has 1 aromatic carbocycles. The van der Waals surface area contributed by atoms with Gasteiger partial charge in [0.25, 0.3) is 0 Å². The van der Waals surface area contributed by atoms with Crippen molar-refractivity contribution in [1.29, 1.82) is 0 Å². The van der Waals surface area contributed by atoms with Crippen LogP contribution in [-0.4, -0.2) is 74.8 Å². The van der Waals surface area contributed by atoms with Gasteiger partial charge in [0, 0.05) is 51.2 Å². The Balaban J connectivity index is 1.55. The molecule has 0 spiro atoms. The van der Waals surface area contributed by atoms with Gasteiger partial charge >= 0.3 is 0 Å². The summed E-state index contributed by atoms with van der Waals surface area (Å²) in [5, 5.41) is 3.53. The maximum Gasteiger partial charge on any atom is 0.193 e. The molecule has 2 heterocycles. The molecule has 0 amide bonds. The molecule has 2 fully saturated rings. The summed E-state index contributed by atoms with van der Waals surface area (Å²) in [4.78, 5) is 9.38. The number of guanidine groups is 1. The molecule has 0 saturated carbocycles. The lowest BCUT2D eigenvalue weighted by molar-refractivity contribution is 0.0195. The molecule has 2 aliphatic rings. The normalized spacial score (nSPS) is 22.7. The second-order valence-electron chi connectivity index (χ2n) is 7.83. The number of morpholine rings is 1. The number of benzene rings is 1. The Labute approximate surface area is 156 Å². The Morgan fingerprint density at radius 2 is 1.92 bits per heavy atom. The Bertz CT molecular complexity index is 611. The third-order valence-electron chi connectivity index (χ3n) is 5.55. The number of ether oxygens (including phenoxy) is 1. The lowest BCUT2D eigenvalue weighted by Crippen LogP contribution is -2.48. The van der Waals surface area contributed by atoms with E-state index >= 15 is 0 Å². The SMILES string of the molecule is CN=C(NCC(C)(C)c1ccc(F)cc1)N1CCC(N2CCOCC2)C1. The molecule has 6 heteroatoms. The topological polar surface area (TPSA) is 40.1 Å². The lowest BCUT2D eigenvalue weighted by atomic mass is 9.84. The Hall–Kier alpha value is -1.66. The fraction of sp³-hybridized carbons (Fsp3) is 0.650. The largest absolute Gasteiger partial charge is 0.379 e. The fourth-order valence-electron chi connectivity index (χ4n) is 3.81. The first-order chi connectivity index (χ1) is 12.5. The molecule has 0 aromatic heterocycles. The summed E-state index contributed by atoms with van der Waals surface area (Å²) in [5.41, 5.74) is 1.02. The standard InChI is InChI=1S/C20H31FN4O/c1-20(2,16-4-6-17(21)7-5-16)15-23-19(22-3)25-9-8-18(14-25)24-10-12-26-13-11-24/h4-7,18H,8-15H2,1-3H3,(H,22,23). The molecular weight excluding hydrogens is 331 g/mol. The molecule has 0 radical (unpaired) electrons. The van der Waals surface area contributed by atoms with E-state index in [4.69, 9.17) is 4.74 Å². The third kappa shape index (κ3) is 4.54. The van der Waals surface area contributed by atoms with Gasteiger partial charge in [-0.15, -0.1) is 0 Å². The van der Waals surface area contributed by atoms with Crippen LogP contribution >= 0.6 is 0 Å². The molecule has 1 unspecified atom stereocenters. The molecule has 144 valence electrons. The maximum atomic E-state index is 13.2. The van der Waals surface area contributed by atoms with Crippen molar-refractivity contribution in [3.05, 3.63) is 35.6 Å². The maximum absolute atomic E-state index is 13.2. The van der Waals surface area contributed by atoms with E-state index in [1.54, 1.807) is 0 Å². The summed E-state index contributed by atoms with van der Waals surface area (Å²) in [7, 11) is 1.84. The second-order valence-corrected chi connectivity index (χ2v) is 7.83. The smallest absolute Gasteiger partial charge is 0.193 e. The van der Waals surface area contributed by atoms with Gasteiger partial charge in [-0.05, 0) is 24.1 Å². The lowest BCUT2D eigenvalue weighted by Gasteiger charge is -2.33. The van der Waals surface area contributed by atoms with Crippen LogP contribution in [0, 0.1) is 5.82 Å². The minimum absolute atomic E-state index is 0.104. The van der Waals surface area contributed by atoms with E-state index in [2.05, 4.69) is 34.0 Å². The summed E-state index contributed by atoms with van der Waals surface area (Å²) in [6, 6.07) is 7.37. The van der Waals surface area contributed by atoms with Crippen molar-refractivity contribution in [2.75, 3.05) is 53.0 Å². The molecule has 26 heavy (non-hydrogen) atoms. The minimum atomic E-state index is -0.195. The minimum Gasteiger partial charge on any atom is -0.379 e. The Kier molecular flexibility index (Phi) is 6.14. The van der Waals surface area contributed by atoms with Crippen molar-refractivity contribution < 1.29 is 9.13 Å². The summed E-state index contributed by atoms with van der Waals surface area (Å²) < 4.78 is 18.7. The van der Waals surface area contributed by atoms with Crippen molar-refractivity contribution in [2.45, 2.75) is 31.7 Å². The van der Waals surface area contributed by atoms with Crippen LogP contribution in [0.1, 0.15) is 25.8 Å². The summed E-state index contributed by atoms with van der Waals surface area (Å²) in [6.45, 7) is 10.9. The Morgan fingerprint density at radius 3 is 2.58 bits per heavy atom. The van der Waals surface area contributed by atoms with Gasteiger partial charge in [0.05, 0.1) is 13.2 Å². The number of rotatable bonds is 4. The van der Waals surface area contributed by atoms with Crippen LogP contribution in [0.15, 0.2) is 29.3 Å². The molecule has 5 nitrogen and oxygen atoms in total. The van der Waals surface area contributed by atoms with E-state index in [1.165, 1.54) is 18.6 Å². The van der Waals surface area contributed by atoms with E-state index in [0.717, 1.165) is 57.5 Å². The number of hydrogen-bond donors (Lipinski definition) is 1. The monoisotopic (exact) mass is 362 g/mol. The first-order valence-corrected chi connectivity index (χ1v) is 9.53. The predicted molar refractivity (Wildman–Crippen MR) is 103 cm³/mol. The van der Waals surface area contributed by atoms with Crippen LogP contribution in [0.2, 0.25) is 0 Å². The van der Waals surface area contributed by atoms with Gasteiger partial charge in [-0.3, -0.25) is 9.89 Å². The van der Waals surface area contributed by atoms with Crippen molar-refractivity contribution in [2.24, 2.45) is 4.99 Å². The van der Waals surface area contributed by atoms with Gasteiger partial charge in [-0.2, -0.15) is 0 Å². The summed E-state index contributed by atoms with van der Waals surface area (Å²) in [6.07, 6.45) is 1.17. The average Bonchev–Trinajstić information content (AvgIpc) is 3.13. The van der Waals surface area contributed by atoms with E-state index in [0.29, 0.717) is 6.04 Å². The number of aliphatic imine (C=N–C) groups is 1. The quantitative estimate of drug-likeness (QED) is 0.658. The zero-order chi connectivity index (χ0) is 18.6. The molecule has 0 aliphatic carbocycles. The highest BCUT2D eigenvalue weighted by Gasteiger charge is 2.31. The van der Waals surface area contributed by atoms with Crippen LogP contribution in [0.5, 0.6) is 0 Å². The number of likely N-dealkylation sites (tertiary alicyclic amines) is 1. The number of hydrogen-bond acceptors (Lipinski definition) is 3. The summed E-state index contributed by atoms with van der Waals surface area (Å²) in [5.74, 6) is 0.760. The highest BCUT2D eigenvalue weighted by molar-refractivity contribution is 5.80. The zero-order valence-corrected chi connectivity index (χ0v) is 16.2. The van der Waals surface area contributed by atoms with Crippen molar-refractivity contribution in [3.8, 4) is 0 Å². The molecular formula is C20H31FN4O. The number of nitrogens with one attached hydrogen (secondary N) is 1. The van der Waals surface area contributed by atoms with Crippen molar-refractivity contribution in [1.82, 2.24) is 15.1 Å². The van der Waals surface area contributed by atoms with Gasteiger partial charge in [0.2, 0.25) is 0 Å². The third-order valence-corrected chi connectivity index (χ3v) is 5.55. The van der Waals surface area contributed by atoms with Gasteiger partial charge in [0.1, 0.15) is 5.82 Å².